The van der Waals surface area contributed by atoms with Gasteiger partial charge in [-0.2, -0.15) is 5.10 Å². The average molecular weight is 347 g/mol. The summed E-state index contributed by atoms with van der Waals surface area (Å²) >= 11 is 7.90. The molecular weight excluding hydrogens is 338 g/mol. The maximum atomic E-state index is 11.8. The van der Waals surface area contributed by atoms with Gasteiger partial charge in [-0.3, -0.25) is 9.48 Å². The van der Waals surface area contributed by atoms with Crippen LogP contribution in [-0.2, 0) is 6.54 Å². The van der Waals surface area contributed by atoms with E-state index in [1.54, 1.807) is 35.1 Å². The van der Waals surface area contributed by atoms with Gasteiger partial charge >= 0.3 is 0 Å². The molecule has 1 aromatic heterocycles. The van der Waals surface area contributed by atoms with Crippen molar-refractivity contribution in [3.8, 4) is 0 Å². The molecule has 16 heavy (non-hydrogen) atoms. The Balaban J connectivity index is 2.11. The Kier molecular flexibility index (Phi) is 3.60. The van der Waals surface area contributed by atoms with Crippen LogP contribution < -0.4 is 0 Å². The summed E-state index contributed by atoms with van der Waals surface area (Å²) in [6, 6.07) is 6.86. The van der Waals surface area contributed by atoms with Crippen molar-refractivity contribution >= 4 is 40.0 Å². The fourth-order valence-electron chi connectivity index (χ4n) is 1.30. The molecular formula is C11H8ClIN2O. The first-order valence-corrected chi connectivity index (χ1v) is 6.07. The lowest BCUT2D eigenvalue weighted by Crippen LogP contribution is -2.10. The van der Waals surface area contributed by atoms with Crippen LogP contribution in [0.25, 0.3) is 0 Å². The summed E-state index contributed by atoms with van der Waals surface area (Å²) in [5, 5.41) is 4.69. The normalized spacial score (nSPS) is 10.4. The van der Waals surface area contributed by atoms with Gasteiger partial charge < -0.3 is 0 Å². The number of carbonyl (C=O) groups is 1. The van der Waals surface area contributed by atoms with Crippen molar-refractivity contribution in [2.45, 2.75) is 6.54 Å². The predicted octanol–water partition coefficient (Wildman–Crippen LogP) is 3.02. The summed E-state index contributed by atoms with van der Waals surface area (Å²) in [5.41, 5.74) is 0.648. The van der Waals surface area contributed by atoms with Gasteiger partial charge in [0.05, 0.1) is 9.77 Å². The monoisotopic (exact) mass is 346 g/mol. The number of benzene rings is 1. The zero-order valence-electron chi connectivity index (χ0n) is 8.23. The first-order valence-electron chi connectivity index (χ1n) is 4.62. The van der Waals surface area contributed by atoms with Gasteiger partial charge in [0.25, 0.3) is 0 Å². The second-order valence-corrected chi connectivity index (χ2v) is 4.97. The first-order chi connectivity index (χ1) is 7.65. The van der Waals surface area contributed by atoms with Crippen LogP contribution in [0.1, 0.15) is 10.4 Å². The number of ketones is 1. The van der Waals surface area contributed by atoms with Crippen LogP contribution in [0.4, 0.5) is 0 Å². The van der Waals surface area contributed by atoms with E-state index in [-0.39, 0.29) is 12.3 Å². The summed E-state index contributed by atoms with van der Waals surface area (Å²) < 4.78 is 2.64. The Morgan fingerprint density at radius 1 is 1.38 bits per heavy atom. The van der Waals surface area contributed by atoms with Gasteiger partial charge in [-0.05, 0) is 46.9 Å². The minimum absolute atomic E-state index is 0.0242. The van der Waals surface area contributed by atoms with E-state index < -0.39 is 0 Å². The quantitative estimate of drug-likeness (QED) is 0.632. The highest BCUT2D eigenvalue weighted by Crippen LogP contribution is 2.11. The third-order valence-corrected chi connectivity index (χ3v) is 2.88. The summed E-state index contributed by atoms with van der Waals surface area (Å²) in [5.74, 6) is 0.0242. The molecule has 0 bridgehead atoms. The topological polar surface area (TPSA) is 34.9 Å². The smallest absolute Gasteiger partial charge is 0.184 e. The molecule has 2 aromatic rings. The minimum Gasteiger partial charge on any atom is -0.292 e. The number of hydrogen-bond donors (Lipinski definition) is 0. The number of Topliss-reactive ketones (excluding diaryl/α,β-unsaturated/α-hetero) is 1. The Bertz CT molecular complexity index is 507. The van der Waals surface area contributed by atoms with Crippen LogP contribution in [0.2, 0.25) is 5.02 Å². The average Bonchev–Trinajstić information content (AvgIpc) is 2.65. The van der Waals surface area contributed by atoms with Crippen LogP contribution in [0.15, 0.2) is 36.7 Å². The third kappa shape index (κ3) is 2.82. The van der Waals surface area contributed by atoms with Gasteiger partial charge in [0.15, 0.2) is 5.78 Å². The number of hydrogen-bond acceptors (Lipinski definition) is 2. The van der Waals surface area contributed by atoms with E-state index in [1.807, 2.05) is 6.20 Å². The SMILES string of the molecule is O=C(Cn1cc(I)cn1)c1ccc(Cl)cc1. The van der Waals surface area contributed by atoms with Crippen LogP contribution in [-0.4, -0.2) is 15.6 Å². The molecule has 0 aliphatic heterocycles. The molecule has 1 heterocycles. The first kappa shape index (κ1) is 11.6. The molecule has 0 atom stereocenters. The molecule has 0 saturated carbocycles. The highest BCUT2D eigenvalue weighted by atomic mass is 127. The second kappa shape index (κ2) is 4.97. The molecule has 0 aliphatic rings. The van der Waals surface area contributed by atoms with Crippen LogP contribution in [0, 0.1) is 3.57 Å². The van der Waals surface area contributed by atoms with E-state index >= 15 is 0 Å². The van der Waals surface area contributed by atoms with Crippen LogP contribution >= 0.6 is 34.2 Å². The highest BCUT2D eigenvalue weighted by molar-refractivity contribution is 14.1. The van der Waals surface area contributed by atoms with E-state index in [9.17, 15) is 4.79 Å². The van der Waals surface area contributed by atoms with E-state index in [1.165, 1.54) is 0 Å². The predicted molar refractivity (Wildman–Crippen MR) is 70.7 cm³/mol. The number of aromatic nitrogens is 2. The number of nitrogens with zero attached hydrogens (tertiary/aromatic N) is 2. The highest BCUT2D eigenvalue weighted by Gasteiger charge is 2.07. The molecule has 3 nitrogen and oxygen atoms in total. The Labute approximate surface area is 112 Å². The summed E-state index contributed by atoms with van der Waals surface area (Å²) in [6.07, 6.45) is 3.55. The number of halogens is 2. The number of rotatable bonds is 3. The van der Waals surface area contributed by atoms with Crippen molar-refractivity contribution in [1.29, 1.82) is 0 Å². The van der Waals surface area contributed by atoms with Gasteiger partial charge in [0, 0.05) is 16.8 Å². The van der Waals surface area contributed by atoms with Gasteiger partial charge in [-0.25, -0.2) is 0 Å². The Morgan fingerprint density at radius 3 is 2.62 bits per heavy atom. The van der Waals surface area contributed by atoms with Crippen molar-refractivity contribution in [3.05, 3.63) is 50.8 Å². The largest absolute Gasteiger partial charge is 0.292 e. The van der Waals surface area contributed by atoms with Crippen molar-refractivity contribution in [3.63, 3.8) is 0 Å². The molecule has 0 spiro atoms. The van der Waals surface area contributed by atoms with Crippen molar-refractivity contribution < 1.29 is 4.79 Å². The Morgan fingerprint density at radius 2 is 2.06 bits per heavy atom. The lowest BCUT2D eigenvalue weighted by Gasteiger charge is -2.01. The van der Waals surface area contributed by atoms with E-state index in [0.717, 1.165) is 3.57 Å². The van der Waals surface area contributed by atoms with Gasteiger partial charge in [0.2, 0.25) is 0 Å². The summed E-state index contributed by atoms with van der Waals surface area (Å²) in [6.45, 7) is 0.255. The molecule has 0 saturated heterocycles. The van der Waals surface area contributed by atoms with Crippen molar-refractivity contribution in [2.24, 2.45) is 0 Å². The van der Waals surface area contributed by atoms with Crippen LogP contribution in [0.5, 0.6) is 0 Å². The summed E-state index contributed by atoms with van der Waals surface area (Å²) in [7, 11) is 0. The molecule has 2 rings (SSSR count). The molecule has 0 amide bonds. The molecule has 82 valence electrons. The van der Waals surface area contributed by atoms with Gasteiger partial charge in [-0.1, -0.05) is 11.6 Å². The lowest BCUT2D eigenvalue weighted by molar-refractivity contribution is 0.0967. The maximum Gasteiger partial charge on any atom is 0.184 e. The molecule has 0 fully saturated rings. The fraction of sp³-hybridized carbons (Fsp3) is 0.0909. The second-order valence-electron chi connectivity index (χ2n) is 3.29. The number of carbonyl (C=O) groups excluding carboxylic acids is 1. The molecule has 0 aliphatic carbocycles. The standard InChI is InChI=1S/C11H8ClIN2O/c12-9-3-1-8(2-4-9)11(16)7-15-6-10(13)5-14-15/h1-6H,7H2. The molecule has 1 aromatic carbocycles. The van der Waals surface area contributed by atoms with Gasteiger partial charge in [0.1, 0.15) is 6.54 Å². The summed E-state index contributed by atoms with van der Waals surface area (Å²) in [4.78, 5) is 11.8. The van der Waals surface area contributed by atoms with E-state index in [0.29, 0.717) is 10.6 Å². The molecule has 0 N–H and O–H groups in total. The lowest BCUT2D eigenvalue weighted by atomic mass is 10.1. The zero-order valence-corrected chi connectivity index (χ0v) is 11.1. The van der Waals surface area contributed by atoms with E-state index in [2.05, 4.69) is 27.7 Å². The molecule has 0 radical (unpaired) electrons. The van der Waals surface area contributed by atoms with Crippen molar-refractivity contribution in [2.75, 3.05) is 0 Å². The Hall–Kier alpha value is -0.880. The van der Waals surface area contributed by atoms with Crippen LogP contribution in [0.3, 0.4) is 0 Å². The van der Waals surface area contributed by atoms with Gasteiger partial charge in [-0.15, -0.1) is 0 Å². The molecule has 5 heteroatoms. The van der Waals surface area contributed by atoms with Crippen molar-refractivity contribution in [1.82, 2.24) is 9.78 Å². The maximum absolute atomic E-state index is 11.8. The fourth-order valence-corrected chi connectivity index (χ4v) is 1.87. The molecule has 0 unspecified atom stereocenters. The minimum atomic E-state index is 0.0242. The third-order valence-electron chi connectivity index (χ3n) is 2.07. The zero-order chi connectivity index (χ0) is 11.5. The van der Waals surface area contributed by atoms with E-state index in [4.69, 9.17) is 11.6 Å².